The van der Waals surface area contributed by atoms with Gasteiger partial charge < -0.3 is 20.7 Å². The zero-order valence-electron chi connectivity index (χ0n) is 16.5. The molecule has 0 unspecified atom stereocenters. The van der Waals surface area contributed by atoms with Crippen LogP contribution in [0, 0.1) is 0 Å². The maximum absolute atomic E-state index is 11.7. The molecule has 1 saturated heterocycles. The van der Waals surface area contributed by atoms with Gasteiger partial charge in [0.05, 0.1) is 13.2 Å². The van der Waals surface area contributed by atoms with E-state index in [9.17, 15) is 4.79 Å². The average molecular weight is 568 g/mol. The lowest BCUT2D eigenvalue weighted by Crippen LogP contribution is -2.50. The molecule has 7 nitrogen and oxygen atoms in total. The average Bonchev–Trinajstić information content (AvgIpc) is 2.68. The van der Waals surface area contributed by atoms with Crippen LogP contribution < -0.4 is 16.0 Å². The predicted molar refractivity (Wildman–Crippen MR) is 127 cm³/mol. The van der Waals surface area contributed by atoms with Gasteiger partial charge in [0.1, 0.15) is 0 Å². The molecule has 0 atom stereocenters. The molecular weight excluding hydrogens is 537 g/mol. The summed E-state index contributed by atoms with van der Waals surface area (Å²) in [6.07, 6.45) is 2.11. The molecule has 1 aromatic carbocycles. The molecule has 3 N–H and O–H groups in total. The first-order chi connectivity index (χ1) is 13.1. The minimum Gasteiger partial charge on any atom is -0.383 e. The van der Waals surface area contributed by atoms with Gasteiger partial charge in [0, 0.05) is 50.9 Å². The highest BCUT2D eigenvalue weighted by molar-refractivity contribution is 14.0. The van der Waals surface area contributed by atoms with Gasteiger partial charge in [-0.1, -0.05) is 28.1 Å². The summed E-state index contributed by atoms with van der Waals surface area (Å²) in [7, 11) is 3.33. The summed E-state index contributed by atoms with van der Waals surface area (Å²) in [6, 6.07) is 8.87. The molecule has 1 fully saturated rings. The molecule has 2 rings (SSSR count). The lowest BCUT2D eigenvalue weighted by molar-refractivity contribution is -0.120. The molecule has 1 aliphatic heterocycles. The molecule has 0 radical (unpaired) electrons. The van der Waals surface area contributed by atoms with Gasteiger partial charge in [-0.15, -0.1) is 24.0 Å². The summed E-state index contributed by atoms with van der Waals surface area (Å²) in [6.45, 7) is 4.29. The van der Waals surface area contributed by atoms with E-state index in [1.54, 1.807) is 14.2 Å². The van der Waals surface area contributed by atoms with Crippen molar-refractivity contribution in [2.75, 3.05) is 46.9 Å². The highest BCUT2D eigenvalue weighted by atomic mass is 127. The van der Waals surface area contributed by atoms with Gasteiger partial charge in [0.25, 0.3) is 0 Å². The van der Waals surface area contributed by atoms with Gasteiger partial charge in [-0.25, -0.2) is 0 Å². The van der Waals surface area contributed by atoms with Crippen molar-refractivity contribution in [2.24, 2.45) is 4.99 Å². The van der Waals surface area contributed by atoms with E-state index in [-0.39, 0.29) is 36.4 Å². The minimum absolute atomic E-state index is 0. The molecule has 28 heavy (non-hydrogen) atoms. The molecule has 0 aromatic heterocycles. The molecule has 0 bridgehead atoms. The van der Waals surface area contributed by atoms with E-state index in [4.69, 9.17) is 4.74 Å². The summed E-state index contributed by atoms with van der Waals surface area (Å²) in [5.74, 6) is 0.600. The Morgan fingerprint density at radius 2 is 1.93 bits per heavy atom. The first-order valence-corrected chi connectivity index (χ1v) is 10.1. The quantitative estimate of drug-likeness (QED) is 0.194. The van der Waals surface area contributed by atoms with Gasteiger partial charge >= 0.3 is 0 Å². The van der Waals surface area contributed by atoms with Crippen LogP contribution >= 0.6 is 39.9 Å². The van der Waals surface area contributed by atoms with Crippen LogP contribution in [0.5, 0.6) is 0 Å². The van der Waals surface area contributed by atoms with E-state index in [1.165, 1.54) is 5.56 Å². The van der Waals surface area contributed by atoms with Crippen molar-refractivity contribution in [2.45, 2.75) is 25.4 Å². The first-order valence-electron chi connectivity index (χ1n) is 9.30. The zero-order valence-corrected chi connectivity index (χ0v) is 20.5. The van der Waals surface area contributed by atoms with E-state index in [2.05, 4.69) is 66.0 Å². The lowest BCUT2D eigenvalue weighted by atomic mass is 10.0. The lowest BCUT2D eigenvalue weighted by Gasteiger charge is -2.33. The fourth-order valence-electron chi connectivity index (χ4n) is 2.99. The number of halogens is 2. The second kappa shape index (κ2) is 14.1. The summed E-state index contributed by atoms with van der Waals surface area (Å²) in [4.78, 5) is 18.4. The molecule has 1 aromatic rings. The van der Waals surface area contributed by atoms with E-state index >= 15 is 0 Å². The summed E-state index contributed by atoms with van der Waals surface area (Å²) >= 11 is 3.48. The molecule has 1 heterocycles. The topological polar surface area (TPSA) is 78.0 Å². The molecule has 9 heteroatoms. The van der Waals surface area contributed by atoms with Crippen LogP contribution in [0.1, 0.15) is 18.4 Å². The first kappa shape index (κ1) is 25.1. The van der Waals surface area contributed by atoms with E-state index < -0.39 is 0 Å². The van der Waals surface area contributed by atoms with E-state index in [0.29, 0.717) is 25.2 Å². The molecule has 0 saturated carbocycles. The molecule has 1 amide bonds. The Morgan fingerprint density at radius 1 is 1.25 bits per heavy atom. The van der Waals surface area contributed by atoms with Gasteiger partial charge in [-0.3, -0.25) is 14.7 Å². The maximum atomic E-state index is 11.7. The second-order valence-corrected chi connectivity index (χ2v) is 7.51. The van der Waals surface area contributed by atoms with Crippen LogP contribution in [0.25, 0.3) is 0 Å². The number of likely N-dealkylation sites (tertiary alicyclic amines) is 1. The Labute approximate surface area is 193 Å². The number of hydrogen-bond donors (Lipinski definition) is 3. The number of piperidine rings is 1. The fraction of sp³-hybridized carbons (Fsp3) is 0.579. The van der Waals surface area contributed by atoms with Crippen molar-refractivity contribution in [3.8, 4) is 0 Å². The molecule has 0 spiro atoms. The smallest absolute Gasteiger partial charge is 0.239 e. The van der Waals surface area contributed by atoms with Crippen LogP contribution in [-0.4, -0.2) is 69.8 Å². The number of methoxy groups -OCH3 is 1. The minimum atomic E-state index is -0.0701. The van der Waals surface area contributed by atoms with Gasteiger partial charge in [-0.2, -0.15) is 0 Å². The third-order valence-corrected chi connectivity index (χ3v) is 5.04. The van der Waals surface area contributed by atoms with Crippen molar-refractivity contribution < 1.29 is 9.53 Å². The number of carbonyl (C=O) groups excluding carboxylic acids is 1. The van der Waals surface area contributed by atoms with Gasteiger partial charge in [-0.05, 0) is 30.5 Å². The van der Waals surface area contributed by atoms with Crippen LogP contribution in [0.4, 0.5) is 0 Å². The molecule has 0 aliphatic carbocycles. The van der Waals surface area contributed by atoms with Crippen molar-refractivity contribution >= 4 is 51.8 Å². The van der Waals surface area contributed by atoms with E-state index in [0.717, 1.165) is 36.9 Å². The van der Waals surface area contributed by atoms with Crippen LogP contribution in [0.15, 0.2) is 33.7 Å². The Morgan fingerprint density at radius 3 is 2.54 bits per heavy atom. The van der Waals surface area contributed by atoms with Crippen LogP contribution in [-0.2, 0) is 16.1 Å². The number of benzene rings is 1. The SMILES string of the molecule is CN=C(NCC(=O)NCCOC)NC1CCN(Cc2ccc(Br)cc2)CC1.I. The number of ether oxygens (including phenoxy) is 1. The summed E-state index contributed by atoms with van der Waals surface area (Å²) < 4.78 is 6.03. The number of nitrogens with one attached hydrogen (secondary N) is 3. The number of nitrogens with zero attached hydrogens (tertiary/aromatic N) is 2. The predicted octanol–water partition coefficient (Wildman–Crippen LogP) is 1.96. The standard InChI is InChI=1S/C19H30BrN5O2.HI/c1-21-19(23-13-18(26)22-9-12-27-2)24-17-7-10-25(11-8-17)14-15-3-5-16(20)6-4-15;/h3-6,17H,7-14H2,1-2H3,(H,22,26)(H2,21,23,24);1H. The van der Waals surface area contributed by atoms with E-state index in [1.807, 2.05) is 0 Å². The van der Waals surface area contributed by atoms with Gasteiger partial charge in [0.2, 0.25) is 5.91 Å². The monoisotopic (exact) mass is 567 g/mol. The van der Waals surface area contributed by atoms with Crippen molar-refractivity contribution in [1.29, 1.82) is 0 Å². The van der Waals surface area contributed by atoms with Crippen molar-refractivity contribution in [3.63, 3.8) is 0 Å². The Balaban J connectivity index is 0.00000392. The number of aliphatic imine (C=N–C) groups is 1. The van der Waals surface area contributed by atoms with Gasteiger partial charge in [0.15, 0.2) is 5.96 Å². The Kier molecular flexibility index (Phi) is 12.7. The largest absolute Gasteiger partial charge is 0.383 e. The highest BCUT2D eigenvalue weighted by Gasteiger charge is 2.20. The van der Waals surface area contributed by atoms with Crippen molar-refractivity contribution in [1.82, 2.24) is 20.9 Å². The fourth-order valence-corrected chi connectivity index (χ4v) is 3.25. The Bertz CT molecular complexity index is 607. The number of guanidine groups is 1. The number of rotatable bonds is 8. The number of amides is 1. The maximum Gasteiger partial charge on any atom is 0.239 e. The number of hydrogen-bond acceptors (Lipinski definition) is 4. The third-order valence-electron chi connectivity index (χ3n) is 4.52. The zero-order chi connectivity index (χ0) is 19.5. The van der Waals surface area contributed by atoms with Crippen molar-refractivity contribution in [3.05, 3.63) is 34.3 Å². The van der Waals surface area contributed by atoms with Crippen LogP contribution in [0.3, 0.4) is 0 Å². The normalized spacial score (nSPS) is 15.6. The number of carbonyl (C=O) groups is 1. The molecular formula is C19H31BrIN5O2. The second-order valence-electron chi connectivity index (χ2n) is 6.59. The van der Waals surface area contributed by atoms with Crippen LogP contribution in [0.2, 0.25) is 0 Å². The molecule has 1 aliphatic rings. The highest BCUT2D eigenvalue weighted by Crippen LogP contribution is 2.16. The molecule has 158 valence electrons. The third kappa shape index (κ3) is 9.53. The summed E-state index contributed by atoms with van der Waals surface area (Å²) in [5, 5.41) is 9.27. The Hall–Kier alpha value is -0.910. The summed E-state index contributed by atoms with van der Waals surface area (Å²) in [5.41, 5.74) is 1.33.